The Labute approximate surface area is 183 Å². The number of hydrogen-bond donors (Lipinski definition) is 2. The zero-order valence-electron chi connectivity index (χ0n) is 14.3. The van der Waals surface area contributed by atoms with E-state index in [9.17, 15) is 26.3 Å². The van der Waals surface area contributed by atoms with E-state index in [1.165, 1.54) is 41.8 Å². The molecular weight excluding hydrogens is 494 g/mol. The Bertz CT molecular complexity index is 1020. The van der Waals surface area contributed by atoms with Crippen molar-refractivity contribution in [1.82, 2.24) is 9.97 Å². The molecule has 160 valence electrons. The maximum Gasteiger partial charge on any atom is 0.461 e. The molecule has 30 heavy (non-hydrogen) atoms. The van der Waals surface area contributed by atoms with Crippen molar-refractivity contribution in [1.29, 1.82) is 0 Å². The molecule has 0 saturated heterocycles. The van der Waals surface area contributed by atoms with Crippen LogP contribution in [0.1, 0.15) is 0 Å². The average molecular weight is 503 g/mol. The van der Waals surface area contributed by atoms with Gasteiger partial charge in [-0.1, -0.05) is 11.6 Å². The fourth-order valence-electron chi connectivity index (χ4n) is 2.16. The molecule has 3 rings (SSSR count). The third-order valence-corrected chi connectivity index (χ3v) is 5.63. The zero-order chi connectivity index (χ0) is 21.9. The van der Waals surface area contributed by atoms with Crippen molar-refractivity contribution in [3.8, 4) is 21.8 Å². The molecule has 0 spiro atoms. The molecule has 3 aromatic rings. The molecule has 0 amide bonds. The molecule has 0 aliphatic heterocycles. The Balaban J connectivity index is 1.76. The van der Waals surface area contributed by atoms with Crippen molar-refractivity contribution in [3.05, 3.63) is 46.9 Å². The Hall–Kier alpha value is -1.83. The summed E-state index contributed by atoms with van der Waals surface area (Å²) in [7, 11) is 0. The van der Waals surface area contributed by atoms with Crippen molar-refractivity contribution >= 4 is 58.3 Å². The molecule has 2 N–H and O–H groups in total. The van der Waals surface area contributed by atoms with E-state index in [1.54, 1.807) is 11.4 Å². The number of halogens is 7. The average Bonchev–Trinajstić information content (AvgIpc) is 3.14. The van der Waals surface area contributed by atoms with Gasteiger partial charge in [0.1, 0.15) is 10.8 Å². The van der Waals surface area contributed by atoms with E-state index in [-0.39, 0.29) is 16.5 Å². The fraction of sp³-hybridized carbons (Fsp3) is 0.125. The third kappa shape index (κ3) is 6.59. The van der Waals surface area contributed by atoms with Gasteiger partial charge in [-0.2, -0.15) is 26.3 Å². The lowest BCUT2D eigenvalue weighted by molar-refractivity contribution is -0.0332. The number of aromatic nitrogens is 2. The molecule has 0 aliphatic carbocycles. The second-order valence-corrected chi connectivity index (χ2v) is 8.47. The van der Waals surface area contributed by atoms with E-state index >= 15 is 0 Å². The van der Waals surface area contributed by atoms with Crippen molar-refractivity contribution in [2.75, 3.05) is 9.44 Å². The number of hydrogen-bond acceptors (Lipinski definition) is 7. The molecule has 1 aromatic carbocycles. The SMILES string of the molecule is FC(F)(F)SNc1ccc(-c2csc(-c3ccnc(NSC(F)(F)F)c3)n2)c(Cl)c1. The third-order valence-electron chi connectivity index (χ3n) is 3.31. The Kier molecular flexibility index (Phi) is 6.95. The molecule has 2 aromatic heterocycles. The van der Waals surface area contributed by atoms with Gasteiger partial charge in [0.25, 0.3) is 0 Å². The van der Waals surface area contributed by atoms with E-state index in [2.05, 4.69) is 19.4 Å². The molecule has 0 atom stereocenters. The van der Waals surface area contributed by atoms with Crippen LogP contribution in [0.3, 0.4) is 0 Å². The second-order valence-electron chi connectivity index (χ2n) is 5.46. The molecule has 0 unspecified atom stereocenters. The lowest BCUT2D eigenvalue weighted by Gasteiger charge is -2.09. The van der Waals surface area contributed by atoms with Crippen LogP contribution in [-0.2, 0) is 0 Å². The van der Waals surface area contributed by atoms with Gasteiger partial charge in [0.2, 0.25) is 0 Å². The van der Waals surface area contributed by atoms with Gasteiger partial charge >= 0.3 is 11.0 Å². The molecule has 0 fully saturated rings. The quantitative estimate of drug-likeness (QED) is 0.266. The van der Waals surface area contributed by atoms with E-state index in [0.29, 0.717) is 21.8 Å². The number of anilines is 2. The van der Waals surface area contributed by atoms with Crippen molar-refractivity contribution in [3.63, 3.8) is 0 Å². The van der Waals surface area contributed by atoms with Crippen LogP contribution < -0.4 is 9.44 Å². The zero-order valence-corrected chi connectivity index (χ0v) is 17.5. The molecule has 2 heterocycles. The van der Waals surface area contributed by atoms with Crippen LogP contribution >= 0.6 is 46.8 Å². The minimum atomic E-state index is -4.46. The van der Waals surface area contributed by atoms with Crippen molar-refractivity contribution in [2.24, 2.45) is 0 Å². The summed E-state index contributed by atoms with van der Waals surface area (Å²) in [6.45, 7) is 0. The standard InChI is InChI=1S/C16H9ClF6N4S3/c17-11-6-9(26-29-15(18,19)20)1-2-10(11)12-7-28-14(25-12)8-3-4-24-13(5-8)27-30-16(21,22)23/h1-7,26H,(H,24,27). The highest BCUT2D eigenvalue weighted by molar-refractivity contribution is 8.01. The molecule has 0 saturated carbocycles. The van der Waals surface area contributed by atoms with Crippen LogP contribution in [0.2, 0.25) is 5.02 Å². The van der Waals surface area contributed by atoms with Crippen LogP contribution in [0.15, 0.2) is 41.9 Å². The van der Waals surface area contributed by atoms with Crippen LogP contribution in [0.4, 0.5) is 37.8 Å². The lowest BCUT2D eigenvalue weighted by Crippen LogP contribution is -2.05. The molecule has 4 nitrogen and oxygen atoms in total. The van der Waals surface area contributed by atoms with Gasteiger partial charge < -0.3 is 9.44 Å². The smallest absolute Gasteiger partial charge is 0.323 e. The maximum atomic E-state index is 12.3. The molecule has 0 bridgehead atoms. The van der Waals surface area contributed by atoms with Crippen LogP contribution in [0.5, 0.6) is 0 Å². The van der Waals surface area contributed by atoms with Gasteiger partial charge in [0.15, 0.2) is 0 Å². The monoisotopic (exact) mass is 502 g/mol. The van der Waals surface area contributed by atoms with Crippen molar-refractivity contribution in [2.45, 2.75) is 11.0 Å². The summed E-state index contributed by atoms with van der Waals surface area (Å²) in [5, 5.41) is 2.39. The molecule has 0 aliphatic rings. The Morgan fingerprint density at radius 2 is 1.63 bits per heavy atom. The van der Waals surface area contributed by atoms with E-state index in [1.807, 2.05) is 0 Å². The number of alkyl halides is 6. The minimum absolute atomic E-state index is 0.0159. The highest BCUT2D eigenvalue weighted by Gasteiger charge is 2.29. The molecule has 0 radical (unpaired) electrons. The summed E-state index contributed by atoms with van der Waals surface area (Å²) >= 11 is 6.59. The van der Waals surface area contributed by atoms with Gasteiger partial charge in [0.05, 0.1) is 34.6 Å². The summed E-state index contributed by atoms with van der Waals surface area (Å²) in [4.78, 5) is 8.25. The first-order chi connectivity index (χ1) is 14.0. The van der Waals surface area contributed by atoms with Crippen LogP contribution in [-0.4, -0.2) is 21.0 Å². The van der Waals surface area contributed by atoms with E-state index in [0.717, 1.165) is 0 Å². The van der Waals surface area contributed by atoms with Gasteiger partial charge in [-0.25, -0.2) is 9.97 Å². The highest BCUT2D eigenvalue weighted by atomic mass is 35.5. The summed E-state index contributed by atoms with van der Waals surface area (Å²) in [6, 6.07) is 7.32. The lowest BCUT2D eigenvalue weighted by atomic mass is 10.1. The predicted molar refractivity (Wildman–Crippen MR) is 110 cm³/mol. The minimum Gasteiger partial charge on any atom is -0.323 e. The fourth-order valence-corrected chi connectivity index (χ4v) is 3.95. The normalized spacial score (nSPS) is 12.1. The summed E-state index contributed by atoms with van der Waals surface area (Å²) in [6.07, 6.45) is 1.35. The van der Waals surface area contributed by atoms with Gasteiger partial charge in [0, 0.05) is 28.4 Å². The number of benzene rings is 1. The van der Waals surface area contributed by atoms with Crippen LogP contribution in [0.25, 0.3) is 21.8 Å². The molecular formula is C16H9ClF6N4S3. The molecule has 14 heteroatoms. The Morgan fingerprint density at radius 3 is 2.30 bits per heavy atom. The number of rotatable bonds is 6. The first-order valence-corrected chi connectivity index (χ1v) is 10.6. The number of nitrogens with one attached hydrogen (secondary N) is 2. The highest BCUT2D eigenvalue weighted by Crippen LogP contribution is 2.37. The summed E-state index contributed by atoms with van der Waals surface area (Å²) in [5.74, 6) is 0.0159. The topological polar surface area (TPSA) is 49.8 Å². The second kappa shape index (κ2) is 9.12. The first-order valence-electron chi connectivity index (χ1n) is 7.73. The number of pyridine rings is 1. The summed E-state index contributed by atoms with van der Waals surface area (Å²) < 4.78 is 78.1. The predicted octanol–water partition coefficient (Wildman–Crippen LogP) is 7.69. The Morgan fingerprint density at radius 1 is 0.933 bits per heavy atom. The van der Waals surface area contributed by atoms with Gasteiger partial charge in [-0.15, -0.1) is 11.3 Å². The van der Waals surface area contributed by atoms with Gasteiger partial charge in [-0.05, 0) is 30.3 Å². The first kappa shape index (κ1) is 22.8. The van der Waals surface area contributed by atoms with Crippen LogP contribution in [0, 0.1) is 0 Å². The largest absolute Gasteiger partial charge is 0.461 e. The van der Waals surface area contributed by atoms with E-state index < -0.39 is 34.9 Å². The summed E-state index contributed by atoms with van der Waals surface area (Å²) in [5.41, 5.74) is -7.20. The number of thiazole rings is 1. The van der Waals surface area contributed by atoms with E-state index in [4.69, 9.17) is 11.6 Å². The van der Waals surface area contributed by atoms with Crippen molar-refractivity contribution < 1.29 is 26.3 Å². The maximum absolute atomic E-state index is 12.3. The number of nitrogens with zero attached hydrogens (tertiary/aromatic N) is 2. The van der Waals surface area contributed by atoms with Gasteiger partial charge in [-0.3, -0.25) is 0 Å².